The van der Waals surface area contributed by atoms with E-state index in [4.69, 9.17) is 5.14 Å². The van der Waals surface area contributed by atoms with E-state index in [1.165, 1.54) is 12.1 Å². The van der Waals surface area contributed by atoms with Gasteiger partial charge in [0.25, 0.3) is 0 Å². The van der Waals surface area contributed by atoms with Crippen molar-refractivity contribution in [3.8, 4) is 0 Å². The first-order chi connectivity index (χ1) is 9.36. The summed E-state index contributed by atoms with van der Waals surface area (Å²) in [6, 6.07) is 6.54. The summed E-state index contributed by atoms with van der Waals surface area (Å²) in [6.07, 6.45) is 3.46. The number of primary sulfonamides is 1. The van der Waals surface area contributed by atoms with Gasteiger partial charge in [-0.05, 0) is 61.7 Å². The molecule has 2 rings (SSSR count). The molecule has 0 spiro atoms. The second-order valence-corrected chi connectivity index (χ2v) is 7.38. The van der Waals surface area contributed by atoms with Crippen LogP contribution in [0.4, 0.5) is 5.69 Å². The van der Waals surface area contributed by atoms with Crippen LogP contribution in [0.2, 0.25) is 0 Å². The number of aromatic nitrogens is 1. The maximum Gasteiger partial charge on any atom is 0.238 e. The second kappa shape index (κ2) is 6.21. The van der Waals surface area contributed by atoms with Gasteiger partial charge in [0.15, 0.2) is 0 Å². The van der Waals surface area contributed by atoms with E-state index in [-0.39, 0.29) is 4.90 Å². The number of nitrogens with zero attached hydrogens (tertiary/aromatic N) is 1. The van der Waals surface area contributed by atoms with Gasteiger partial charge >= 0.3 is 0 Å². The quantitative estimate of drug-likeness (QED) is 0.796. The molecule has 0 saturated heterocycles. The normalized spacial score (nSPS) is 11.3. The molecule has 0 aliphatic carbocycles. The van der Waals surface area contributed by atoms with Crippen molar-refractivity contribution in [2.45, 2.75) is 11.4 Å². The molecule has 1 aromatic carbocycles. The largest absolute Gasteiger partial charge is 0.380 e. The number of rotatable bonds is 4. The highest BCUT2D eigenvalue weighted by molar-refractivity contribution is 9.10. The number of nitrogens with one attached hydrogen (secondary N) is 1. The van der Waals surface area contributed by atoms with E-state index in [0.29, 0.717) is 11.0 Å². The van der Waals surface area contributed by atoms with Crippen LogP contribution in [-0.4, -0.2) is 13.4 Å². The maximum absolute atomic E-state index is 11.2. The monoisotopic (exact) mass is 419 g/mol. The van der Waals surface area contributed by atoms with Crippen molar-refractivity contribution in [2.75, 3.05) is 5.32 Å². The van der Waals surface area contributed by atoms with Gasteiger partial charge < -0.3 is 5.32 Å². The fourth-order valence-electron chi connectivity index (χ4n) is 1.57. The van der Waals surface area contributed by atoms with Crippen molar-refractivity contribution >= 4 is 47.6 Å². The number of hydrogen-bond acceptors (Lipinski definition) is 4. The molecule has 0 aliphatic heterocycles. The number of hydrogen-bond donors (Lipinski definition) is 2. The summed E-state index contributed by atoms with van der Waals surface area (Å²) >= 11 is 6.67. The zero-order chi connectivity index (χ0) is 14.8. The Balaban J connectivity index is 2.15. The minimum absolute atomic E-state index is 0.0686. The number of nitrogens with two attached hydrogens (primary N) is 1. The van der Waals surface area contributed by atoms with E-state index in [2.05, 4.69) is 42.2 Å². The van der Waals surface area contributed by atoms with Gasteiger partial charge in [0.1, 0.15) is 0 Å². The number of halogens is 2. The fraction of sp³-hybridized carbons (Fsp3) is 0.0833. The summed E-state index contributed by atoms with van der Waals surface area (Å²) in [5.74, 6) is 0. The molecule has 0 amide bonds. The summed E-state index contributed by atoms with van der Waals surface area (Å²) in [7, 11) is -3.69. The summed E-state index contributed by atoms with van der Waals surface area (Å²) in [4.78, 5) is 4.14. The van der Waals surface area contributed by atoms with Crippen molar-refractivity contribution in [3.63, 3.8) is 0 Å². The lowest BCUT2D eigenvalue weighted by atomic mass is 10.2. The third-order valence-electron chi connectivity index (χ3n) is 2.51. The van der Waals surface area contributed by atoms with Crippen LogP contribution in [0.5, 0.6) is 0 Å². The minimum atomic E-state index is -3.69. The zero-order valence-corrected chi connectivity index (χ0v) is 14.2. The Labute approximate surface area is 133 Å². The molecule has 106 valence electrons. The van der Waals surface area contributed by atoms with Gasteiger partial charge in [-0.2, -0.15) is 0 Å². The molecule has 1 aromatic heterocycles. The highest BCUT2D eigenvalue weighted by Gasteiger charge is 2.10. The fourth-order valence-corrected chi connectivity index (χ4v) is 3.19. The third-order valence-corrected chi connectivity index (χ3v) is 4.51. The molecule has 0 saturated carbocycles. The Morgan fingerprint density at radius 3 is 2.55 bits per heavy atom. The predicted octanol–water partition coefficient (Wildman–Crippen LogP) is 2.87. The Hall–Kier alpha value is -0.960. The summed E-state index contributed by atoms with van der Waals surface area (Å²) < 4.78 is 24.0. The van der Waals surface area contributed by atoms with Gasteiger partial charge in [0, 0.05) is 33.6 Å². The molecule has 0 radical (unpaired) electrons. The molecule has 0 fully saturated rings. The molecule has 20 heavy (non-hydrogen) atoms. The van der Waals surface area contributed by atoms with Gasteiger partial charge in [-0.1, -0.05) is 0 Å². The van der Waals surface area contributed by atoms with Crippen molar-refractivity contribution in [1.82, 2.24) is 4.98 Å². The molecule has 5 nitrogen and oxygen atoms in total. The van der Waals surface area contributed by atoms with Gasteiger partial charge in [-0.25, -0.2) is 13.6 Å². The van der Waals surface area contributed by atoms with Crippen LogP contribution in [0, 0.1) is 0 Å². The molecule has 0 aliphatic rings. The summed E-state index contributed by atoms with van der Waals surface area (Å²) in [5.41, 5.74) is 1.78. The van der Waals surface area contributed by atoms with Crippen LogP contribution in [0.25, 0.3) is 0 Å². The van der Waals surface area contributed by atoms with Gasteiger partial charge in [0.05, 0.1) is 4.90 Å². The van der Waals surface area contributed by atoms with Crippen molar-refractivity contribution in [1.29, 1.82) is 0 Å². The minimum Gasteiger partial charge on any atom is -0.380 e. The lowest BCUT2D eigenvalue weighted by molar-refractivity contribution is 0.598. The molecule has 3 N–H and O–H groups in total. The summed E-state index contributed by atoms with van der Waals surface area (Å²) in [6.45, 7) is 0.569. The Bertz CT molecular complexity index is 735. The number of pyridine rings is 1. The van der Waals surface area contributed by atoms with E-state index < -0.39 is 10.0 Å². The molecule has 0 bridgehead atoms. The Morgan fingerprint density at radius 1 is 1.20 bits per heavy atom. The zero-order valence-electron chi connectivity index (χ0n) is 10.2. The average molecular weight is 421 g/mol. The molecule has 2 aromatic rings. The maximum atomic E-state index is 11.2. The second-order valence-electron chi connectivity index (χ2n) is 4.05. The number of anilines is 1. The van der Waals surface area contributed by atoms with Crippen molar-refractivity contribution < 1.29 is 8.42 Å². The lowest BCUT2D eigenvalue weighted by Gasteiger charge is -2.10. The number of benzene rings is 1. The molecular weight excluding hydrogens is 410 g/mol. The number of sulfonamides is 1. The highest BCUT2D eigenvalue weighted by Crippen LogP contribution is 2.25. The topological polar surface area (TPSA) is 85.1 Å². The van der Waals surface area contributed by atoms with E-state index in [1.54, 1.807) is 18.5 Å². The highest BCUT2D eigenvalue weighted by atomic mass is 79.9. The third kappa shape index (κ3) is 4.02. The van der Waals surface area contributed by atoms with Crippen LogP contribution in [0.15, 0.2) is 50.5 Å². The molecule has 8 heteroatoms. The average Bonchev–Trinajstić information content (AvgIpc) is 2.36. The van der Waals surface area contributed by atoms with Crippen LogP contribution in [0.1, 0.15) is 5.56 Å². The molecule has 1 heterocycles. The van der Waals surface area contributed by atoms with E-state index in [0.717, 1.165) is 15.7 Å². The first-order valence-corrected chi connectivity index (χ1v) is 8.65. The van der Waals surface area contributed by atoms with Gasteiger partial charge in [0.2, 0.25) is 10.0 Å². The molecule has 0 atom stereocenters. The van der Waals surface area contributed by atoms with Crippen LogP contribution >= 0.6 is 31.9 Å². The van der Waals surface area contributed by atoms with E-state index in [9.17, 15) is 8.42 Å². The van der Waals surface area contributed by atoms with E-state index >= 15 is 0 Å². The molecular formula is C12H11Br2N3O2S. The van der Waals surface area contributed by atoms with Crippen molar-refractivity contribution in [2.24, 2.45) is 5.14 Å². The van der Waals surface area contributed by atoms with E-state index in [1.807, 2.05) is 6.07 Å². The predicted molar refractivity (Wildman–Crippen MR) is 84.8 cm³/mol. The van der Waals surface area contributed by atoms with Gasteiger partial charge in [-0.15, -0.1) is 0 Å². The van der Waals surface area contributed by atoms with Crippen LogP contribution < -0.4 is 10.5 Å². The SMILES string of the molecule is NS(=O)(=O)c1ccc(NCc2cncc(Br)c2)c(Br)c1. The smallest absolute Gasteiger partial charge is 0.238 e. The first kappa shape index (κ1) is 15.4. The Morgan fingerprint density at radius 2 is 1.95 bits per heavy atom. The lowest BCUT2D eigenvalue weighted by Crippen LogP contribution is -2.12. The van der Waals surface area contributed by atoms with Gasteiger partial charge in [-0.3, -0.25) is 4.98 Å². The Kier molecular flexibility index (Phi) is 4.79. The standard InChI is InChI=1S/C12H11Br2N3O2S/c13-9-3-8(5-16-7-9)6-17-12-2-1-10(4-11(12)14)20(15,18)19/h1-5,7,17H,6H2,(H2,15,18,19). The van der Waals surface area contributed by atoms with Crippen LogP contribution in [-0.2, 0) is 16.6 Å². The molecule has 0 unspecified atom stereocenters. The van der Waals surface area contributed by atoms with Crippen LogP contribution in [0.3, 0.4) is 0 Å². The summed E-state index contributed by atoms with van der Waals surface area (Å²) in [5, 5.41) is 8.27. The van der Waals surface area contributed by atoms with Crippen molar-refractivity contribution in [3.05, 3.63) is 51.2 Å². The first-order valence-electron chi connectivity index (χ1n) is 5.52.